The highest BCUT2D eigenvalue weighted by Crippen LogP contribution is 2.30. The van der Waals surface area contributed by atoms with Gasteiger partial charge in [-0.3, -0.25) is 4.79 Å². The van der Waals surface area contributed by atoms with Gasteiger partial charge in [0.2, 0.25) is 5.76 Å². The smallest absolute Gasteiger partial charge is 0.373 e. The lowest BCUT2D eigenvalue weighted by Crippen LogP contribution is -2.14. The molecule has 0 aliphatic rings. The van der Waals surface area contributed by atoms with E-state index in [-0.39, 0.29) is 31.2 Å². The normalized spacial score (nSPS) is 10.8. The van der Waals surface area contributed by atoms with Gasteiger partial charge < -0.3 is 23.0 Å². The van der Waals surface area contributed by atoms with Crippen LogP contribution < -0.4 is 10.4 Å². The Morgan fingerprint density at radius 2 is 1.81 bits per heavy atom. The zero-order valence-corrected chi connectivity index (χ0v) is 17.9. The molecule has 0 aliphatic carbocycles. The van der Waals surface area contributed by atoms with Gasteiger partial charge in [0.1, 0.15) is 23.7 Å². The van der Waals surface area contributed by atoms with Crippen LogP contribution in [0.15, 0.2) is 37.9 Å². The van der Waals surface area contributed by atoms with Crippen molar-refractivity contribution in [1.82, 2.24) is 0 Å². The van der Waals surface area contributed by atoms with Gasteiger partial charge in [-0.1, -0.05) is 0 Å². The maximum absolute atomic E-state index is 12.5. The summed E-state index contributed by atoms with van der Waals surface area (Å²) in [5, 5.41) is 0.772. The second-order valence-electron chi connectivity index (χ2n) is 6.91. The van der Waals surface area contributed by atoms with Crippen molar-refractivity contribution >= 4 is 22.9 Å². The van der Waals surface area contributed by atoms with Crippen LogP contribution in [0.2, 0.25) is 0 Å². The molecule has 8 nitrogen and oxygen atoms in total. The van der Waals surface area contributed by atoms with E-state index in [4.69, 9.17) is 18.3 Å². The molecule has 0 amide bonds. The number of carbonyl (C=O) groups excluding carboxylic acids is 2. The van der Waals surface area contributed by atoms with E-state index < -0.39 is 11.6 Å². The molecule has 0 bridgehead atoms. The van der Waals surface area contributed by atoms with E-state index in [9.17, 15) is 14.4 Å². The first kappa shape index (κ1) is 22.1. The van der Waals surface area contributed by atoms with Crippen molar-refractivity contribution in [3.63, 3.8) is 0 Å². The lowest BCUT2D eigenvalue weighted by Gasteiger charge is -2.12. The van der Waals surface area contributed by atoms with E-state index >= 15 is 0 Å². The van der Waals surface area contributed by atoms with Crippen molar-refractivity contribution in [3.8, 4) is 5.75 Å². The Morgan fingerprint density at radius 1 is 1.03 bits per heavy atom. The van der Waals surface area contributed by atoms with Crippen LogP contribution in [0.4, 0.5) is 0 Å². The van der Waals surface area contributed by atoms with Gasteiger partial charge in [0.15, 0.2) is 0 Å². The minimum absolute atomic E-state index is 0.0875. The molecule has 0 radical (unpaired) electrons. The van der Waals surface area contributed by atoms with Crippen LogP contribution in [-0.4, -0.2) is 25.7 Å². The number of furan rings is 1. The fraction of sp³-hybridized carbons (Fsp3) is 0.348. The molecule has 3 rings (SSSR count). The Labute approximate surface area is 178 Å². The summed E-state index contributed by atoms with van der Waals surface area (Å²) < 4.78 is 26.3. The second-order valence-corrected chi connectivity index (χ2v) is 6.91. The molecule has 0 atom stereocenters. The highest BCUT2D eigenvalue weighted by molar-refractivity contribution is 5.86. The highest BCUT2D eigenvalue weighted by atomic mass is 16.5. The minimum Gasteiger partial charge on any atom is -0.485 e. The molecule has 0 saturated heterocycles. The number of benzene rings is 1. The van der Waals surface area contributed by atoms with Crippen LogP contribution in [0, 0.1) is 13.8 Å². The van der Waals surface area contributed by atoms with E-state index in [1.54, 1.807) is 26.0 Å². The van der Waals surface area contributed by atoms with Gasteiger partial charge in [0.25, 0.3) is 0 Å². The summed E-state index contributed by atoms with van der Waals surface area (Å²) in [5.74, 6) is 0.143. The molecule has 164 valence electrons. The molecule has 2 heterocycles. The zero-order valence-electron chi connectivity index (χ0n) is 17.9. The number of hydrogen-bond donors (Lipinski definition) is 0. The summed E-state index contributed by atoms with van der Waals surface area (Å²) >= 11 is 0. The zero-order chi connectivity index (χ0) is 22.5. The van der Waals surface area contributed by atoms with Crippen LogP contribution in [0.25, 0.3) is 11.0 Å². The number of ether oxygens (including phenoxy) is 3. The molecule has 0 aliphatic heterocycles. The molecule has 2 aromatic heterocycles. The van der Waals surface area contributed by atoms with Gasteiger partial charge in [-0.2, -0.15) is 0 Å². The van der Waals surface area contributed by atoms with Crippen molar-refractivity contribution in [2.45, 2.75) is 40.2 Å². The van der Waals surface area contributed by atoms with Gasteiger partial charge >= 0.3 is 17.6 Å². The Balaban J connectivity index is 1.82. The third-order valence-corrected chi connectivity index (χ3v) is 4.96. The van der Waals surface area contributed by atoms with Crippen molar-refractivity contribution in [1.29, 1.82) is 0 Å². The molecule has 31 heavy (non-hydrogen) atoms. The second kappa shape index (κ2) is 9.51. The van der Waals surface area contributed by atoms with Crippen molar-refractivity contribution < 1.29 is 32.6 Å². The number of aryl methyl sites for hydroxylation is 2. The molecule has 0 unspecified atom stereocenters. The van der Waals surface area contributed by atoms with Gasteiger partial charge in [-0.25, -0.2) is 9.59 Å². The fourth-order valence-electron chi connectivity index (χ4n) is 3.29. The number of fused-ring (bicyclic) bond motifs is 1. The molecule has 0 fully saturated rings. The largest absolute Gasteiger partial charge is 0.485 e. The van der Waals surface area contributed by atoms with Gasteiger partial charge in [-0.15, -0.1) is 0 Å². The number of carbonyl (C=O) groups is 2. The quantitative estimate of drug-likeness (QED) is 0.393. The number of hydrogen-bond acceptors (Lipinski definition) is 8. The van der Waals surface area contributed by atoms with Crippen LogP contribution in [0.3, 0.4) is 0 Å². The van der Waals surface area contributed by atoms with E-state index in [0.29, 0.717) is 34.8 Å². The highest BCUT2D eigenvalue weighted by Gasteiger charge is 2.17. The van der Waals surface area contributed by atoms with E-state index in [2.05, 4.69) is 4.74 Å². The average molecular weight is 428 g/mol. The first-order valence-electron chi connectivity index (χ1n) is 9.87. The summed E-state index contributed by atoms with van der Waals surface area (Å²) in [6.07, 6.45) is 0.364. The first-order chi connectivity index (χ1) is 14.8. The maximum Gasteiger partial charge on any atom is 0.373 e. The lowest BCUT2D eigenvalue weighted by atomic mass is 10.0. The fourth-order valence-corrected chi connectivity index (χ4v) is 3.29. The van der Waals surface area contributed by atoms with Crippen molar-refractivity contribution in [3.05, 3.63) is 62.9 Å². The van der Waals surface area contributed by atoms with Gasteiger partial charge in [0.05, 0.1) is 13.7 Å². The van der Waals surface area contributed by atoms with E-state index in [1.165, 1.54) is 13.2 Å². The first-order valence-corrected chi connectivity index (χ1v) is 9.87. The molecule has 0 saturated carbocycles. The Kier molecular flexibility index (Phi) is 6.79. The Bertz CT molecular complexity index is 1170. The van der Waals surface area contributed by atoms with E-state index in [0.717, 1.165) is 10.9 Å². The molecule has 1 aromatic carbocycles. The standard InChI is InChI=1S/C23H24O8/c1-5-28-20(24)11-8-17-13(2)16-7-10-18(14(3)21(16)31-22(17)25)29-12-15-6-9-19(30-15)23(26)27-4/h6-7,9-10H,5,8,11-12H2,1-4H3. The third-order valence-electron chi connectivity index (χ3n) is 4.96. The summed E-state index contributed by atoms with van der Waals surface area (Å²) in [6, 6.07) is 6.73. The predicted octanol–water partition coefficient (Wildman–Crippen LogP) is 3.86. The Morgan fingerprint density at radius 3 is 2.52 bits per heavy atom. The summed E-state index contributed by atoms with van der Waals surface area (Å²) in [7, 11) is 1.28. The number of methoxy groups -OCH3 is 1. The van der Waals surface area contributed by atoms with Crippen LogP contribution in [0.1, 0.15) is 46.3 Å². The minimum atomic E-state index is -0.566. The van der Waals surface area contributed by atoms with Crippen LogP contribution in [-0.2, 0) is 27.3 Å². The topological polar surface area (TPSA) is 105 Å². The number of rotatable bonds is 8. The molecular formula is C23H24O8. The molecule has 0 N–H and O–H groups in total. The summed E-state index contributed by atoms with van der Waals surface area (Å²) in [4.78, 5) is 35.7. The Hall–Kier alpha value is -3.55. The van der Waals surface area contributed by atoms with Crippen molar-refractivity contribution in [2.75, 3.05) is 13.7 Å². The molecular weight excluding hydrogens is 404 g/mol. The summed E-state index contributed by atoms with van der Waals surface area (Å²) in [5.41, 5.74) is 1.82. The number of esters is 2. The molecule has 3 aromatic rings. The molecule has 8 heteroatoms. The van der Waals surface area contributed by atoms with Crippen LogP contribution >= 0.6 is 0 Å². The summed E-state index contributed by atoms with van der Waals surface area (Å²) in [6.45, 7) is 5.75. The predicted molar refractivity (Wildman–Crippen MR) is 111 cm³/mol. The lowest BCUT2D eigenvalue weighted by molar-refractivity contribution is -0.143. The van der Waals surface area contributed by atoms with Gasteiger partial charge in [-0.05, 0) is 57.0 Å². The maximum atomic E-state index is 12.5. The average Bonchev–Trinajstić information content (AvgIpc) is 3.22. The van der Waals surface area contributed by atoms with E-state index in [1.807, 2.05) is 13.0 Å². The van der Waals surface area contributed by atoms with Gasteiger partial charge in [0, 0.05) is 22.9 Å². The SMILES string of the molecule is CCOC(=O)CCc1c(C)c2ccc(OCc3ccc(C(=O)OC)o3)c(C)c2oc1=O. The van der Waals surface area contributed by atoms with Crippen molar-refractivity contribution in [2.24, 2.45) is 0 Å². The monoisotopic (exact) mass is 428 g/mol. The third kappa shape index (κ3) is 4.79. The van der Waals surface area contributed by atoms with Crippen LogP contribution in [0.5, 0.6) is 5.75 Å². The molecule has 0 spiro atoms.